The fourth-order valence-electron chi connectivity index (χ4n) is 0.315. The molecular weight excluding hydrogens is 302 g/mol. The second-order valence-corrected chi connectivity index (χ2v) is 3.67. The van der Waals surface area contributed by atoms with Crippen LogP contribution in [0.4, 0.5) is 0 Å². The summed E-state index contributed by atoms with van der Waals surface area (Å²) < 4.78 is 3.84. The molecule has 0 atom stereocenters. The number of allylic oxidation sites excluding steroid dienone is 1. The SMILES string of the molecule is C1=C[I-]CC1.I. The molecule has 1 rings (SSSR count). The van der Waals surface area contributed by atoms with Crippen LogP contribution in [0.5, 0.6) is 0 Å². The van der Waals surface area contributed by atoms with Gasteiger partial charge in [0.25, 0.3) is 0 Å². The van der Waals surface area contributed by atoms with Crippen LogP contribution in [0.15, 0.2) is 10.2 Å². The van der Waals surface area contributed by atoms with Crippen LogP contribution in [0.25, 0.3) is 0 Å². The molecule has 0 saturated carbocycles. The van der Waals surface area contributed by atoms with Gasteiger partial charge in [-0.1, -0.05) is 0 Å². The van der Waals surface area contributed by atoms with Gasteiger partial charge < -0.3 is 0 Å². The van der Waals surface area contributed by atoms with Gasteiger partial charge in [-0.2, -0.15) is 0 Å². The predicted molar refractivity (Wildman–Crippen MR) is 34.0 cm³/mol. The summed E-state index contributed by atoms with van der Waals surface area (Å²) in [5.74, 6) is 0. The number of alkyl halides is 1. The summed E-state index contributed by atoms with van der Waals surface area (Å²) in [6, 6.07) is 0. The molecule has 0 unspecified atom stereocenters. The normalized spacial score (nSPS) is 18.7. The van der Waals surface area contributed by atoms with Crippen LogP contribution in [0.2, 0.25) is 0 Å². The van der Waals surface area contributed by atoms with Gasteiger partial charge in [-0.25, -0.2) is 0 Å². The van der Waals surface area contributed by atoms with Gasteiger partial charge in [0.15, 0.2) is 0 Å². The van der Waals surface area contributed by atoms with E-state index in [2.05, 4.69) is 10.2 Å². The van der Waals surface area contributed by atoms with Crippen molar-refractivity contribution in [2.75, 3.05) is 4.43 Å². The summed E-state index contributed by atoms with van der Waals surface area (Å²) in [7, 11) is 0. The Morgan fingerprint density at radius 2 is 2.33 bits per heavy atom. The minimum atomic E-state index is 0. The largest absolute Gasteiger partial charge is 0.107 e. The molecule has 6 heavy (non-hydrogen) atoms. The fraction of sp³-hybridized carbons (Fsp3) is 0.500. The van der Waals surface area contributed by atoms with E-state index in [9.17, 15) is 0 Å². The molecule has 0 bridgehead atoms. The van der Waals surface area contributed by atoms with E-state index in [0.717, 1.165) is 0 Å². The van der Waals surface area contributed by atoms with Crippen molar-refractivity contribution in [3.8, 4) is 0 Å². The first-order chi connectivity index (χ1) is 2.50. The van der Waals surface area contributed by atoms with Crippen molar-refractivity contribution >= 4 is 24.0 Å². The van der Waals surface area contributed by atoms with Crippen LogP contribution in [-0.4, -0.2) is 4.43 Å². The van der Waals surface area contributed by atoms with E-state index in [4.69, 9.17) is 0 Å². The number of hydrogen-bond donors (Lipinski definition) is 0. The van der Waals surface area contributed by atoms with Crippen molar-refractivity contribution in [3.05, 3.63) is 10.2 Å². The maximum Gasteiger partial charge on any atom is -0.107 e. The third-order valence-corrected chi connectivity index (χ3v) is 2.83. The topological polar surface area (TPSA) is 0 Å². The van der Waals surface area contributed by atoms with E-state index in [1.807, 2.05) is 0 Å². The fourth-order valence-corrected chi connectivity index (χ4v) is 2.11. The van der Waals surface area contributed by atoms with Gasteiger partial charge in [0.2, 0.25) is 0 Å². The number of halogens is 2. The van der Waals surface area contributed by atoms with E-state index in [1.165, 1.54) is 10.8 Å². The Morgan fingerprint density at radius 3 is 2.50 bits per heavy atom. The molecule has 0 fully saturated rings. The quantitative estimate of drug-likeness (QED) is 0.382. The minimum absolute atomic E-state index is 0. The van der Waals surface area contributed by atoms with Crippen LogP contribution >= 0.6 is 24.0 Å². The Labute approximate surface area is 65.7 Å². The average molecular weight is 309 g/mol. The van der Waals surface area contributed by atoms with Gasteiger partial charge in [0.05, 0.1) is 0 Å². The maximum atomic E-state index is 2.35. The molecule has 0 aliphatic carbocycles. The van der Waals surface area contributed by atoms with Gasteiger partial charge in [0.1, 0.15) is 0 Å². The van der Waals surface area contributed by atoms with Crippen molar-refractivity contribution in [3.63, 3.8) is 0 Å². The van der Waals surface area contributed by atoms with Crippen LogP contribution in [0.3, 0.4) is 0 Å². The molecule has 0 N–H and O–H groups in total. The molecule has 0 amide bonds. The monoisotopic (exact) mass is 309 g/mol. The van der Waals surface area contributed by atoms with Gasteiger partial charge in [-0.3, -0.25) is 0 Å². The summed E-state index contributed by atoms with van der Waals surface area (Å²) in [5, 5.41) is 0. The molecule has 1 aliphatic rings. The average Bonchev–Trinajstić information content (AvgIpc) is 1.76. The standard InChI is InChI=1S/C4H6I.HI/c1-2-4-5-3-1;/h1,3H,2,4H2;1H/q-1;. The van der Waals surface area contributed by atoms with E-state index in [0.29, 0.717) is 21.2 Å². The Morgan fingerprint density at radius 1 is 1.50 bits per heavy atom. The molecule has 0 radical (unpaired) electrons. The first-order valence-electron chi connectivity index (χ1n) is 1.73. The van der Waals surface area contributed by atoms with E-state index < -0.39 is 0 Å². The van der Waals surface area contributed by atoms with Gasteiger partial charge >= 0.3 is 42.2 Å². The van der Waals surface area contributed by atoms with Crippen molar-refractivity contribution < 1.29 is 21.2 Å². The summed E-state index contributed by atoms with van der Waals surface area (Å²) >= 11 is 0.562. The third kappa shape index (κ3) is 2.39. The molecule has 0 saturated heterocycles. The van der Waals surface area contributed by atoms with Gasteiger partial charge in [-0.15, -0.1) is 24.0 Å². The Bertz CT molecular complexity index is 43.5. The molecular formula is C4H7I2-. The molecule has 0 spiro atoms. The third-order valence-electron chi connectivity index (χ3n) is 0.563. The van der Waals surface area contributed by atoms with Crippen molar-refractivity contribution in [2.45, 2.75) is 6.42 Å². The summed E-state index contributed by atoms with van der Waals surface area (Å²) in [4.78, 5) is 0. The number of rotatable bonds is 0. The van der Waals surface area contributed by atoms with Crippen LogP contribution < -0.4 is 21.2 Å². The maximum absolute atomic E-state index is 2.35. The van der Waals surface area contributed by atoms with Crippen LogP contribution in [0.1, 0.15) is 6.42 Å². The molecule has 2 heteroatoms. The molecule has 38 valence electrons. The Hall–Kier alpha value is 1.20. The predicted octanol–water partition coefficient (Wildman–Crippen LogP) is -1.39. The Balaban J connectivity index is 0.000000250. The van der Waals surface area contributed by atoms with Crippen molar-refractivity contribution in [2.24, 2.45) is 0 Å². The summed E-state index contributed by atoms with van der Waals surface area (Å²) in [6.07, 6.45) is 3.65. The van der Waals surface area contributed by atoms with Crippen LogP contribution in [0, 0.1) is 0 Å². The zero-order chi connectivity index (χ0) is 3.54. The zero-order valence-electron chi connectivity index (χ0n) is 3.36. The summed E-state index contributed by atoms with van der Waals surface area (Å²) in [6.45, 7) is 0. The van der Waals surface area contributed by atoms with E-state index in [1.54, 1.807) is 0 Å². The smallest absolute Gasteiger partial charge is 0.107 e. The molecule has 1 aliphatic heterocycles. The minimum Gasteiger partial charge on any atom is -0.107 e. The molecule has 0 aromatic carbocycles. The summed E-state index contributed by atoms with van der Waals surface area (Å²) in [5.41, 5.74) is 0. The van der Waals surface area contributed by atoms with Crippen molar-refractivity contribution in [1.82, 2.24) is 0 Å². The second-order valence-electron chi connectivity index (χ2n) is 0.994. The van der Waals surface area contributed by atoms with Gasteiger partial charge in [0, 0.05) is 0 Å². The molecule has 1 heterocycles. The van der Waals surface area contributed by atoms with Crippen LogP contribution in [-0.2, 0) is 0 Å². The van der Waals surface area contributed by atoms with E-state index in [-0.39, 0.29) is 24.0 Å². The first-order valence-corrected chi connectivity index (χ1v) is 4.50. The molecule has 0 aromatic rings. The first kappa shape index (κ1) is 7.20. The number of hydrogen-bond acceptors (Lipinski definition) is 0. The molecule has 0 aromatic heterocycles. The van der Waals surface area contributed by atoms with Crippen molar-refractivity contribution in [1.29, 1.82) is 0 Å². The molecule has 0 nitrogen and oxygen atoms in total. The Kier molecular flexibility index (Phi) is 5.23. The van der Waals surface area contributed by atoms with E-state index >= 15 is 0 Å². The zero-order valence-corrected chi connectivity index (χ0v) is 7.84. The van der Waals surface area contributed by atoms with Gasteiger partial charge in [-0.05, 0) is 0 Å². The second kappa shape index (κ2) is 4.36.